The fourth-order valence-electron chi connectivity index (χ4n) is 0.771. The normalized spacial score (nSPS) is 14.6. The maximum Gasteiger partial charge on any atom is 0.326 e. The quantitative estimate of drug-likeness (QED) is 0.526. The Morgan fingerprint density at radius 2 is 2.08 bits per heavy atom. The second-order valence-corrected chi connectivity index (χ2v) is 3.81. The molecule has 0 spiro atoms. The Balaban J connectivity index is 4.02. The molecule has 0 heterocycles. The highest BCUT2D eigenvalue weighted by atomic mass is 31.1. The van der Waals surface area contributed by atoms with Crippen LogP contribution in [0.5, 0.6) is 0 Å². The van der Waals surface area contributed by atoms with Gasteiger partial charge in [-0.1, -0.05) is 0 Å². The van der Waals surface area contributed by atoms with Gasteiger partial charge in [0.2, 0.25) is 5.91 Å². The number of amides is 1. The Labute approximate surface area is 75.8 Å². The molecule has 0 saturated carbocycles. The first-order valence-electron chi connectivity index (χ1n) is 3.65. The summed E-state index contributed by atoms with van der Waals surface area (Å²) in [7, 11) is -2.66. The van der Waals surface area contributed by atoms with Gasteiger partial charge < -0.3 is 15.3 Å². The molecule has 6 nitrogen and oxygen atoms in total. The zero-order valence-corrected chi connectivity index (χ0v) is 8.11. The van der Waals surface area contributed by atoms with Crippen molar-refractivity contribution in [3.63, 3.8) is 0 Å². The summed E-state index contributed by atoms with van der Waals surface area (Å²) < 4.78 is 10.3. The molecular formula is C6H12NO5P. The lowest BCUT2D eigenvalue weighted by Gasteiger charge is -2.11. The summed E-state index contributed by atoms with van der Waals surface area (Å²) >= 11 is 0. The molecular weight excluding hydrogens is 197 g/mol. The molecule has 13 heavy (non-hydrogen) atoms. The third kappa shape index (κ3) is 6.31. The lowest BCUT2D eigenvalue weighted by molar-refractivity contribution is -0.141. The monoisotopic (exact) mass is 209 g/mol. The highest BCUT2D eigenvalue weighted by Crippen LogP contribution is 2.15. The van der Waals surface area contributed by atoms with E-state index in [4.69, 9.17) is 10.00 Å². The molecule has 0 saturated heterocycles. The Morgan fingerprint density at radius 1 is 1.54 bits per heavy atom. The van der Waals surface area contributed by atoms with Crippen molar-refractivity contribution < 1.29 is 24.2 Å². The average molecular weight is 209 g/mol. The van der Waals surface area contributed by atoms with Crippen molar-refractivity contribution >= 4 is 19.9 Å². The molecule has 2 atom stereocenters. The van der Waals surface area contributed by atoms with E-state index >= 15 is 0 Å². The highest BCUT2D eigenvalue weighted by Gasteiger charge is 2.18. The lowest BCUT2D eigenvalue weighted by Crippen LogP contribution is -2.39. The fraction of sp³-hybridized carbons (Fsp3) is 0.667. The van der Waals surface area contributed by atoms with Gasteiger partial charge in [-0.15, -0.1) is 0 Å². The van der Waals surface area contributed by atoms with Crippen molar-refractivity contribution in [2.24, 2.45) is 0 Å². The SMILES string of the molecule is CC(=O)N[C@@H](CC[PH](=O)O)C(=O)O. The van der Waals surface area contributed by atoms with Crippen molar-refractivity contribution in [1.82, 2.24) is 5.32 Å². The number of rotatable bonds is 5. The predicted octanol–water partition coefficient (Wildman–Crippen LogP) is -0.567. The second-order valence-electron chi connectivity index (χ2n) is 2.52. The van der Waals surface area contributed by atoms with Crippen LogP contribution < -0.4 is 5.32 Å². The first kappa shape index (κ1) is 12.1. The number of carboxylic acid groups (broad SMARTS) is 1. The summed E-state index contributed by atoms with van der Waals surface area (Å²) in [6.45, 7) is 1.19. The molecule has 1 unspecified atom stereocenters. The van der Waals surface area contributed by atoms with Crippen molar-refractivity contribution in [2.45, 2.75) is 19.4 Å². The zero-order valence-electron chi connectivity index (χ0n) is 7.11. The third-order valence-corrected chi connectivity index (χ3v) is 2.04. The molecule has 0 aliphatic rings. The Kier molecular flexibility index (Phi) is 5.34. The van der Waals surface area contributed by atoms with Crippen LogP contribution in [0.15, 0.2) is 0 Å². The summed E-state index contributed by atoms with van der Waals surface area (Å²) in [5.41, 5.74) is 0. The second kappa shape index (κ2) is 5.72. The molecule has 0 aliphatic carbocycles. The third-order valence-electron chi connectivity index (χ3n) is 1.32. The van der Waals surface area contributed by atoms with E-state index < -0.39 is 25.9 Å². The molecule has 0 rings (SSSR count). The smallest absolute Gasteiger partial charge is 0.326 e. The first-order valence-corrected chi connectivity index (χ1v) is 5.21. The Hall–Kier alpha value is -0.870. The topological polar surface area (TPSA) is 104 Å². The van der Waals surface area contributed by atoms with Gasteiger partial charge in [0.15, 0.2) is 8.03 Å². The Bertz CT molecular complexity index is 229. The molecule has 0 aromatic rings. The molecule has 0 fully saturated rings. The van der Waals surface area contributed by atoms with E-state index in [-0.39, 0.29) is 12.6 Å². The van der Waals surface area contributed by atoms with Crippen LogP contribution in [-0.2, 0) is 14.2 Å². The van der Waals surface area contributed by atoms with E-state index in [1.54, 1.807) is 0 Å². The van der Waals surface area contributed by atoms with Crippen molar-refractivity contribution in [2.75, 3.05) is 6.16 Å². The summed E-state index contributed by atoms with van der Waals surface area (Å²) in [5.74, 6) is -1.66. The molecule has 3 N–H and O–H groups in total. The van der Waals surface area contributed by atoms with Crippen LogP contribution in [0, 0.1) is 0 Å². The summed E-state index contributed by atoms with van der Waals surface area (Å²) in [6.07, 6.45) is -0.120. The van der Waals surface area contributed by atoms with Gasteiger partial charge in [0.05, 0.1) is 0 Å². The van der Waals surface area contributed by atoms with Gasteiger partial charge in [-0.3, -0.25) is 9.36 Å². The average Bonchev–Trinajstić information content (AvgIpc) is 1.96. The van der Waals surface area contributed by atoms with Crippen LogP contribution in [0.4, 0.5) is 0 Å². The van der Waals surface area contributed by atoms with E-state index in [2.05, 4.69) is 5.32 Å². The standard InChI is InChI=1S/C6H12NO5P/c1-4(8)7-5(6(9)10)2-3-13(11)12/h5,13H,2-3H2,1H3,(H,7,8)(H,9,10)(H,11,12)/t5-/m0/s1. The highest BCUT2D eigenvalue weighted by molar-refractivity contribution is 7.37. The van der Waals surface area contributed by atoms with Crippen LogP contribution in [0.2, 0.25) is 0 Å². The van der Waals surface area contributed by atoms with E-state index in [0.717, 1.165) is 0 Å². The van der Waals surface area contributed by atoms with Crippen LogP contribution >= 0.6 is 8.03 Å². The predicted molar refractivity (Wildman–Crippen MR) is 45.9 cm³/mol. The summed E-state index contributed by atoms with van der Waals surface area (Å²) in [5, 5.41) is 10.7. The molecule has 0 aliphatic heterocycles. The van der Waals surface area contributed by atoms with E-state index in [1.807, 2.05) is 0 Å². The minimum absolute atomic E-state index is 0.0246. The molecule has 1 amide bonds. The van der Waals surface area contributed by atoms with E-state index in [9.17, 15) is 14.2 Å². The minimum Gasteiger partial charge on any atom is -0.480 e. The van der Waals surface area contributed by atoms with Crippen LogP contribution in [0.25, 0.3) is 0 Å². The number of carboxylic acids is 1. The molecule has 7 heteroatoms. The van der Waals surface area contributed by atoms with Gasteiger partial charge in [-0.2, -0.15) is 0 Å². The molecule has 0 bridgehead atoms. The van der Waals surface area contributed by atoms with Gasteiger partial charge in [0, 0.05) is 13.1 Å². The summed E-state index contributed by atoms with van der Waals surface area (Å²) in [4.78, 5) is 29.4. The maximum atomic E-state index is 10.5. The van der Waals surface area contributed by atoms with Gasteiger partial charge in [-0.05, 0) is 6.42 Å². The number of carbonyl (C=O) groups excluding carboxylic acids is 1. The molecule has 0 aromatic heterocycles. The maximum absolute atomic E-state index is 10.5. The zero-order chi connectivity index (χ0) is 10.4. The minimum atomic E-state index is -2.66. The van der Waals surface area contributed by atoms with E-state index in [1.165, 1.54) is 6.92 Å². The molecule has 0 radical (unpaired) electrons. The van der Waals surface area contributed by atoms with E-state index in [0.29, 0.717) is 0 Å². The van der Waals surface area contributed by atoms with Crippen LogP contribution in [0.1, 0.15) is 13.3 Å². The number of nitrogens with one attached hydrogen (secondary N) is 1. The Morgan fingerprint density at radius 3 is 2.38 bits per heavy atom. The first-order chi connectivity index (χ1) is 5.93. The van der Waals surface area contributed by atoms with Crippen molar-refractivity contribution in [3.8, 4) is 0 Å². The number of hydrogen-bond acceptors (Lipinski definition) is 3. The van der Waals surface area contributed by atoms with Gasteiger partial charge in [0.1, 0.15) is 6.04 Å². The number of carbonyl (C=O) groups is 2. The van der Waals surface area contributed by atoms with Crippen LogP contribution in [-0.4, -0.2) is 34.1 Å². The molecule has 76 valence electrons. The van der Waals surface area contributed by atoms with Crippen molar-refractivity contribution in [3.05, 3.63) is 0 Å². The van der Waals surface area contributed by atoms with Gasteiger partial charge in [-0.25, -0.2) is 4.79 Å². The van der Waals surface area contributed by atoms with Gasteiger partial charge >= 0.3 is 5.97 Å². The lowest BCUT2D eigenvalue weighted by atomic mass is 10.2. The van der Waals surface area contributed by atoms with Crippen LogP contribution in [0.3, 0.4) is 0 Å². The van der Waals surface area contributed by atoms with Crippen molar-refractivity contribution in [1.29, 1.82) is 0 Å². The van der Waals surface area contributed by atoms with Gasteiger partial charge in [0.25, 0.3) is 0 Å². The molecule has 0 aromatic carbocycles. The number of hydrogen-bond donors (Lipinski definition) is 3. The summed E-state index contributed by atoms with van der Waals surface area (Å²) in [6, 6.07) is -1.07. The largest absolute Gasteiger partial charge is 0.480 e. The fourth-order valence-corrected chi connectivity index (χ4v) is 1.31. The number of aliphatic carboxylic acids is 1.